The minimum absolute atomic E-state index is 0.300. The summed E-state index contributed by atoms with van der Waals surface area (Å²) in [6, 6.07) is 16.2. The highest BCUT2D eigenvalue weighted by atomic mass is 16.5. The highest BCUT2D eigenvalue weighted by molar-refractivity contribution is 5.53. The molecule has 2 aromatic rings. The van der Waals surface area contributed by atoms with Crippen LogP contribution in [0.5, 0.6) is 5.75 Å². The van der Waals surface area contributed by atoms with E-state index in [2.05, 4.69) is 6.07 Å². The lowest BCUT2D eigenvalue weighted by molar-refractivity contribution is 0.305. The molecular weight excluding hydrogens is 238 g/mol. The second-order valence-corrected chi connectivity index (χ2v) is 3.97. The first-order valence-corrected chi connectivity index (χ1v) is 5.64. The molecule has 0 amide bonds. The number of hydrogen-bond acceptors (Lipinski definition) is 4. The predicted octanol–water partition coefficient (Wildman–Crippen LogP) is 2.59. The summed E-state index contributed by atoms with van der Waals surface area (Å²) in [5, 5.41) is 17.8. The van der Waals surface area contributed by atoms with Crippen LogP contribution in [-0.2, 0) is 6.61 Å². The van der Waals surface area contributed by atoms with Gasteiger partial charge < -0.3 is 10.5 Å². The van der Waals surface area contributed by atoms with Gasteiger partial charge in [0.1, 0.15) is 18.4 Å². The van der Waals surface area contributed by atoms with Crippen molar-refractivity contribution in [3.63, 3.8) is 0 Å². The van der Waals surface area contributed by atoms with E-state index >= 15 is 0 Å². The van der Waals surface area contributed by atoms with Crippen LogP contribution in [0.15, 0.2) is 42.5 Å². The first-order chi connectivity index (χ1) is 9.22. The van der Waals surface area contributed by atoms with Gasteiger partial charge in [-0.05, 0) is 35.9 Å². The number of nitriles is 2. The fourth-order valence-electron chi connectivity index (χ4n) is 1.65. The van der Waals surface area contributed by atoms with Crippen molar-refractivity contribution in [1.82, 2.24) is 0 Å². The van der Waals surface area contributed by atoms with E-state index < -0.39 is 0 Å². The molecule has 0 spiro atoms. The number of benzene rings is 2. The Morgan fingerprint density at radius 3 is 2.63 bits per heavy atom. The third-order valence-electron chi connectivity index (χ3n) is 2.57. The molecule has 2 N–H and O–H groups in total. The van der Waals surface area contributed by atoms with Crippen molar-refractivity contribution in [3.05, 3.63) is 59.2 Å². The molecule has 0 atom stereocenters. The quantitative estimate of drug-likeness (QED) is 0.847. The van der Waals surface area contributed by atoms with Gasteiger partial charge in [-0.25, -0.2) is 0 Å². The molecule has 0 unspecified atom stereocenters. The van der Waals surface area contributed by atoms with Crippen LogP contribution in [0.4, 0.5) is 5.69 Å². The number of nitrogen functional groups attached to an aromatic ring is 1. The second kappa shape index (κ2) is 5.57. The van der Waals surface area contributed by atoms with Crippen LogP contribution < -0.4 is 10.5 Å². The van der Waals surface area contributed by atoms with E-state index in [0.717, 1.165) is 5.56 Å². The minimum atomic E-state index is 0.300. The molecule has 0 radical (unpaired) electrons. The van der Waals surface area contributed by atoms with Gasteiger partial charge in [0.15, 0.2) is 0 Å². The molecule has 0 bridgehead atoms. The van der Waals surface area contributed by atoms with Gasteiger partial charge in [0.2, 0.25) is 0 Å². The van der Waals surface area contributed by atoms with Gasteiger partial charge in [0, 0.05) is 5.69 Å². The monoisotopic (exact) mass is 249 g/mol. The molecule has 0 heterocycles. The molecule has 0 saturated carbocycles. The summed E-state index contributed by atoms with van der Waals surface area (Å²) < 4.78 is 5.58. The van der Waals surface area contributed by atoms with Gasteiger partial charge in [-0.1, -0.05) is 12.1 Å². The molecule has 2 aromatic carbocycles. The fraction of sp³-hybridized carbons (Fsp3) is 0.0667. The van der Waals surface area contributed by atoms with Crippen molar-refractivity contribution in [2.75, 3.05) is 5.73 Å². The molecule has 92 valence electrons. The van der Waals surface area contributed by atoms with E-state index in [1.165, 1.54) is 0 Å². The Morgan fingerprint density at radius 2 is 1.89 bits per heavy atom. The van der Waals surface area contributed by atoms with Gasteiger partial charge >= 0.3 is 0 Å². The number of nitrogens with zero attached hydrogens (tertiary/aromatic N) is 2. The van der Waals surface area contributed by atoms with Crippen LogP contribution in [0.2, 0.25) is 0 Å². The van der Waals surface area contributed by atoms with Crippen LogP contribution in [0, 0.1) is 22.7 Å². The molecule has 0 aromatic heterocycles. The van der Waals surface area contributed by atoms with E-state index in [1.54, 1.807) is 36.4 Å². The van der Waals surface area contributed by atoms with Crippen LogP contribution in [-0.4, -0.2) is 0 Å². The van der Waals surface area contributed by atoms with E-state index in [0.29, 0.717) is 29.2 Å². The zero-order valence-corrected chi connectivity index (χ0v) is 10.1. The van der Waals surface area contributed by atoms with Crippen molar-refractivity contribution in [1.29, 1.82) is 10.5 Å². The van der Waals surface area contributed by atoms with Crippen molar-refractivity contribution in [2.24, 2.45) is 0 Å². The first-order valence-electron chi connectivity index (χ1n) is 5.64. The van der Waals surface area contributed by atoms with Crippen molar-refractivity contribution in [3.8, 4) is 17.9 Å². The topological polar surface area (TPSA) is 82.8 Å². The Bertz CT molecular complexity index is 681. The summed E-state index contributed by atoms with van der Waals surface area (Å²) in [7, 11) is 0. The summed E-state index contributed by atoms with van der Waals surface area (Å²) >= 11 is 0. The van der Waals surface area contributed by atoms with Crippen LogP contribution >= 0.6 is 0 Å². The summed E-state index contributed by atoms with van der Waals surface area (Å²) in [6.45, 7) is 0.300. The Kier molecular flexibility index (Phi) is 3.66. The van der Waals surface area contributed by atoms with E-state index in [-0.39, 0.29) is 0 Å². The lowest BCUT2D eigenvalue weighted by Crippen LogP contribution is -1.98. The lowest BCUT2D eigenvalue weighted by atomic mass is 10.1. The van der Waals surface area contributed by atoms with Gasteiger partial charge in [0.05, 0.1) is 17.2 Å². The zero-order valence-electron chi connectivity index (χ0n) is 10.1. The van der Waals surface area contributed by atoms with E-state index in [4.69, 9.17) is 21.0 Å². The Labute approximate surface area is 111 Å². The highest BCUT2D eigenvalue weighted by Gasteiger charge is 2.04. The van der Waals surface area contributed by atoms with Crippen LogP contribution in [0.1, 0.15) is 16.7 Å². The number of ether oxygens (including phenoxy) is 1. The molecule has 0 aliphatic carbocycles. The molecule has 19 heavy (non-hydrogen) atoms. The molecule has 0 aliphatic rings. The van der Waals surface area contributed by atoms with Gasteiger partial charge in [-0.15, -0.1) is 0 Å². The van der Waals surface area contributed by atoms with Crippen molar-refractivity contribution in [2.45, 2.75) is 6.61 Å². The average molecular weight is 249 g/mol. The molecule has 0 fully saturated rings. The maximum absolute atomic E-state index is 8.99. The SMILES string of the molecule is N#Cc1cccc(COc2ccc(N)cc2C#N)c1. The number of anilines is 1. The summed E-state index contributed by atoms with van der Waals surface area (Å²) in [6.07, 6.45) is 0. The van der Waals surface area contributed by atoms with Crippen LogP contribution in [0.25, 0.3) is 0 Å². The normalized spacial score (nSPS) is 9.37. The number of hydrogen-bond donors (Lipinski definition) is 1. The zero-order chi connectivity index (χ0) is 13.7. The third-order valence-corrected chi connectivity index (χ3v) is 2.57. The summed E-state index contributed by atoms with van der Waals surface area (Å²) in [4.78, 5) is 0. The van der Waals surface area contributed by atoms with Gasteiger partial charge in [-0.3, -0.25) is 0 Å². The average Bonchev–Trinajstić information content (AvgIpc) is 2.46. The Balaban J connectivity index is 2.15. The van der Waals surface area contributed by atoms with Crippen molar-refractivity contribution < 1.29 is 4.74 Å². The molecule has 4 nitrogen and oxygen atoms in total. The second-order valence-electron chi connectivity index (χ2n) is 3.97. The smallest absolute Gasteiger partial charge is 0.137 e. The first kappa shape index (κ1) is 12.5. The standard InChI is InChI=1S/C15H11N3O/c16-8-11-2-1-3-12(6-11)10-19-15-5-4-14(18)7-13(15)9-17/h1-7H,10,18H2. The third kappa shape index (κ3) is 3.02. The summed E-state index contributed by atoms with van der Waals surface area (Å²) in [5.41, 5.74) is 7.99. The minimum Gasteiger partial charge on any atom is -0.488 e. The summed E-state index contributed by atoms with van der Waals surface area (Å²) in [5.74, 6) is 0.485. The predicted molar refractivity (Wildman–Crippen MR) is 71.1 cm³/mol. The molecular formula is C15H11N3O. The Hall–Kier alpha value is -2.98. The van der Waals surface area contributed by atoms with E-state index in [1.807, 2.05) is 12.1 Å². The largest absolute Gasteiger partial charge is 0.488 e. The molecule has 4 heteroatoms. The molecule has 0 aliphatic heterocycles. The highest BCUT2D eigenvalue weighted by Crippen LogP contribution is 2.21. The van der Waals surface area contributed by atoms with Gasteiger partial charge in [0.25, 0.3) is 0 Å². The maximum Gasteiger partial charge on any atom is 0.137 e. The Morgan fingerprint density at radius 1 is 1.05 bits per heavy atom. The van der Waals surface area contributed by atoms with Crippen molar-refractivity contribution >= 4 is 5.69 Å². The lowest BCUT2D eigenvalue weighted by Gasteiger charge is -2.08. The number of rotatable bonds is 3. The maximum atomic E-state index is 8.99. The van der Waals surface area contributed by atoms with Crippen LogP contribution in [0.3, 0.4) is 0 Å². The molecule has 2 rings (SSSR count). The van der Waals surface area contributed by atoms with Gasteiger partial charge in [-0.2, -0.15) is 10.5 Å². The number of nitrogens with two attached hydrogens (primary N) is 1. The molecule has 0 saturated heterocycles. The van der Waals surface area contributed by atoms with E-state index in [9.17, 15) is 0 Å². The fourth-order valence-corrected chi connectivity index (χ4v) is 1.65.